The third-order valence-corrected chi connectivity index (χ3v) is 2.73. The molecule has 2 N–H and O–H groups in total. The number of imidazole rings is 1. The average Bonchev–Trinajstić information content (AvgIpc) is 2.79. The second-order valence-corrected chi connectivity index (χ2v) is 4.47. The fraction of sp³-hybridized carbons (Fsp3) is 0.385. The highest BCUT2D eigenvalue weighted by Crippen LogP contribution is 2.18. The van der Waals surface area contributed by atoms with E-state index in [9.17, 15) is 4.79 Å². The fourth-order valence-corrected chi connectivity index (χ4v) is 1.71. The van der Waals surface area contributed by atoms with Crippen LogP contribution in [0.15, 0.2) is 18.2 Å². The number of ether oxygens (including phenoxy) is 1. The van der Waals surface area contributed by atoms with Gasteiger partial charge in [0.2, 0.25) is 0 Å². The number of methoxy groups -OCH3 is 1. The molecule has 0 aliphatic rings. The molecule has 2 aromatic rings. The molecular formula is C13H17N3O2. The summed E-state index contributed by atoms with van der Waals surface area (Å²) in [7, 11) is 1.35. The standard InChI is InChI=1S/C13H17N3O2/c1-8(2)12-15-10-5-4-9(6-11(10)16-12)7-14-13(17)18-3/h4-6,8H,7H2,1-3H3,(H,14,17)(H,15,16). The molecule has 0 saturated heterocycles. The Bertz CT molecular complexity index is 560. The van der Waals surface area contributed by atoms with Gasteiger partial charge in [0, 0.05) is 12.5 Å². The van der Waals surface area contributed by atoms with E-state index in [1.54, 1.807) is 0 Å². The Labute approximate surface area is 106 Å². The van der Waals surface area contributed by atoms with Gasteiger partial charge < -0.3 is 15.0 Å². The van der Waals surface area contributed by atoms with Gasteiger partial charge in [-0.1, -0.05) is 19.9 Å². The molecule has 0 saturated carbocycles. The second kappa shape index (κ2) is 5.08. The summed E-state index contributed by atoms with van der Waals surface area (Å²) in [5.74, 6) is 1.34. The van der Waals surface area contributed by atoms with Crippen LogP contribution in [0, 0.1) is 0 Å². The highest BCUT2D eigenvalue weighted by atomic mass is 16.5. The fourth-order valence-electron chi connectivity index (χ4n) is 1.71. The monoisotopic (exact) mass is 247 g/mol. The lowest BCUT2D eigenvalue weighted by molar-refractivity contribution is 0.170. The zero-order valence-corrected chi connectivity index (χ0v) is 10.8. The molecule has 1 aromatic heterocycles. The first-order valence-electron chi connectivity index (χ1n) is 5.90. The lowest BCUT2D eigenvalue weighted by Crippen LogP contribution is -2.22. The summed E-state index contributed by atoms with van der Waals surface area (Å²) in [6, 6.07) is 5.89. The largest absolute Gasteiger partial charge is 0.453 e. The summed E-state index contributed by atoms with van der Waals surface area (Å²) < 4.78 is 4.52. The van der Waals surface area contributed by atoms with E-state index in [0.29, 0.717) is 12.5 Å². The number of hydrogen-bond donors (Lipinski definition) is 2. The SMILES string of the molecule is COC(=O)NCc1ccc2nc(C(C)C)[nH]c2c1. The minimum Gasteiger partial charge on any atom is -0.453 e. The Hall–Kier alpha value is -2.04. The highest BCUT2D eigenvalue weighted by Gasteiger charge is 2.07. The van der Waals surface area contributed by atoms with Crippen molar-refractivity contribution in [1.82, 2.24) is 15.3 Å². The lowest BCUT2D eigenvalue weighted by atomic mass is 10.2. The number of hydrogen-bond acceptors (Lipinski definition) is 3. The van der Waals surface area contributed by atoms with Crippen LogP contribution in [-0.4, -0.2) is 23.2 Å². The van der Waals surface area contributed by atoms with Gasteiger partial charge in [0.25, 0.3) is 0 Å². The molecule has 1 amide bonds. The van der Waals surface area contributed by atoms with Crippen molar-refractivity contribution < 1.29 is 9.53 Å². The molecule has 18 heavy (non-hydrogen) atoms. The van der Waals surface area contributed by atoms with Crippen molar-refractivity contribution in [3.63, 3.8) is 0 Å². The Balaban J connectivity index is 2.19. The number of rotatable bonds is 3. The normalized spacial score (nSPS) is 10.9. The number of nitrogens with zero attached hydrogens (tertiary/aromatic N) is 1. The molecule has 0 fully saturated rings. The van der Waals surface area contributed by atoms with Crippen LogP contribution >= 0.6 is 0 Å². The van der Waals surface area contributed by atoms with Gasteiger partial charge in [-0.15, -0.1) is 0 Å². The highest BCUT2D eigenvalue weighted by molar-refractivity contribution is 5.76. The molecule has 0 spiro atoms. The van der Waals surface area contributed by atoms with Crippen molar-refractivity contribution in [2.24, 2.45) is 0 Å². The number of aromatic nitrogens is 2. The average molecular weight is 247 g/mol. The van der Waals surface area contributed by atoms with Gasteiger partial charge in [-0.05, 0) is 17.7 Å². The molecule has 96 valence electrons. The number of benzene rings is 1. The summed E-state index contributed by atoms with van der Waals surface area (Å²) in [6.07, 6.45) is -0.428. The molecule has 1 aromatic carbocycles. The molecule has 1 heterocycles. The van der Waals surface area contributed by atoms with Crippen LogP contribution in [0.4, 0.5) is 4.79 Å². The number of fused-ring (bicyclic) bond motifs is 1. The Morgan fingerprint density at radius 1 is 1.50 bits per heavy atom. The van der Waals surface area contributed by atoms with E-state index in [2.05, 4.69) is 33.9 Å². The first kappa shape index (κ1) is 12.4. The zero-order chi connectivity index (χ0) is 13.1. The van der Waals surface area contributed by atoms with Crippen LogP contribution in [0.3, 0.4) is 0 Å². The van der Waals surface area contributed by atoms with Gasteiger partial charge in [-0.3, -0.25) is 0 Å². The summed E-state index contributed by atoms with van der Waals surface area (Å²) in [6.45, 7) is 4.63. The minimum atomic E-state index is -0.428. The van der Waals surface area contributed by atoms with Crippen LogP contribution < -0.4 is 5.32 Å². The molecule has 0 radical (unpaired) electrons. The molecule has 5 heteroatoms. The number of aromatic amines is 1. The van der Waals surface area contributed by atoms with Crippen molar-refractivity contribution in [2.75, 3.05) is 7.11 Å². The Morgan fingerprint density at radius 3 is 2.94 bits per heavy atom. The predicted molar refractivity (Wildman–Crippen MR) is 69.4 cm³/mol. The quantitative estimate of drug-likeness (QED) is 0.875. The number of alkyl carbamates (subject to hydrolysis) is 1. The van der Waals surface area contributed by atoms with E-state index >= 15 is 0 Å². The van der Waals surface area contributed by atoms with Gasteiger partial charge in [0.1, 0.15) is 5.82 Å². The number of H-pyrrole nitrogens is 1. The van der Waals surface area contributed by atoms with Crippen LogP contribution in [0.1, 0.15) is 31.2 Å². The van der Waals surface area contributed by atoms with E-state index in [0.717, 1.165) is 22.4 Å². The molecule has 0 bridgehead atoms. The smallest absolute Gasteiger partial charge is 0.407 e. The van der Waals surface area contributed by atoms with Crippen molar-refractivity contribution in [3.8, 4) is 0 Å². The molecule has 0 atom stereocenters. The number of nitrogens with one attached hydrogen (secondary N) is 2. The maximum Gasteiger partial charge on any atom is 0.407 e. The van der Waals surface area contributed by atoms with Gasteiger partial charge in [-0.25, -0.2) is 9.78 Å². The zero-order valence-electron chi connectivity index (χ0n) is 10.8. The third kappa shape index (κ3) is 2.61. The minimum absolute atomic E-state index is 0.369. The topological polar surface area (TPSA) is 67.0 Å². The molecule has 0 aliphatic carbocycles. The molecule has 2 rings (SSSR count). The molecule has 0 unspecified atom stereocenters. The lowest BCUT2D eigenvalue weighted by Gasteiger charge is -2.03. The molecule has 0 aliphatic heterocycles. The van der Waals surface area contributed by atoms with E-state index < -0.39 is 6.09 Å². The van der Waals surface area contributed by atoms with E-state index in [-0.39, 0.29) is 0 Å². The maximum atomic E-state index is 11.0. The first-order valence-corrected chi connectivity index (χ1v) is 5.90. The van der Waals surface area contributed by atoms with Crippen LogP contribution in [0.25, 0.3) is 11.0 Å². The summed E-state index contributed by atoms with van der Waals surface area (Å²) in [4.78, 5) is 18.8. The summed E-state index contributed by atoms with van der Waals surface area (Å²) >= 11 is 0. The van der Waals surface area contributed by atoms with Crippen molar-refractivity contribution in [2.45, 2.75) is 26.3 Å². The third-order valence-electron chi connectivity index (χ3n) is 2.73. The number of carbonyl (C=O) groups is 1. The van der Waals surface area contributed by atoms with Crippen LogP contribution in [-0.2, 0) is 11.3 Å². The number of amides is 1. The van der Waals surface area contributed by atoms with E-state index in [1.165, 1.54) is 7.11 Å². The van der Waals surface area contributed by atoms with Crippen molar-refractivity contribution >= 4 is 17.1 Å². The predicted octanol–water partition coefficient (Wildman–Crippen LogP) is 2.54. The first-order chi connectivity index (χ1) is 8.60. The molecule has 5 nitrogen and oxygen atoms in total. The van der Waals surface area contributed by atoms with Gasteiger partial charge in [0.05, 0.1) is 18.1 Å². The maximum absolute atomic E-state index is 11.0. The Kier molecular flexibility index (Phi) is 3.50. The van der Waals surface area contributed by atoms with Crippen LogP contribution in [0.2, 0.25) is 0 Å². The summed E-state index contributed by atoms with van der Waals surface area (Å²) in [5, 5.41) is 2.65. The van der Waals surface area contributed by atoms with Crippen molar-refractivity contribution in [1.29, 1.82) is 0 Å². The Morgan fingerprint density at radius 2 is 2.28 bits per heavy atom. The van der Waals surface area contributed by atoms with Gasteiger partial charge >= 0.3 is 6.09 Å². The summed E-state index contributed by atoms with van der Waals surface area (Å²) in [5.41, 5.74) is 2.94. The number of carbonyl (C=O) groups excluding carboxylic acids is 1. The van der Waals surface area contributed by atoms with Gasteiger partial charge in [-0.2, -0.15) is 0 Å². The van der Waals surface area contributed by atoms with Gasteiger partial charge in [0.15, 0.2) is 0 Å². The van der Waals surface area contributed by atoms with Crippen LogP contribution in [0.5, 0.6) is 0 Å². The van der Waals surface area contributed by atoms with E-state index in [1.807, 2.05) is 18.2 Å². The van der Waals surface area contributed by atoms with Crippen molar-refractivity contribution in [3.05, 3.63) is 29.6 Å². The van der Waals surface area contributed by atoms with E-state index in [4.69, 9.17) is 0 Å². The molecular weight excluding hydrogens is 230 g/mol. The second-order valence-electron chi connectivity index (χ2n) is 4.47.